The monoisotopic (exact) mass is 395 g/mol. The predicted molar refractivity (Wildman–Crippen MR) is 114 cm³/mol. The lowest BCUT2D eigenvalue weighted by atomic mass is 9.99. The summed E-state index contributed by atoms with van der Waals surface area (Å²) in [5, 5.41) is 17.9. The largest absolute Gasteiger partial charge is 0.337 e. The number of carbonyl (C=O) groups excluding carboxylic acids is 1. The topological polar surface area (TPSA) is 64.9 Å². The van der Waals surface area contributed by atoms with E-state index in [2.05, 4.69) is 59.3 Å². The van der Waals surface area contributed by atoms with Gasteiger partial charge in [-0.2, -0.15) is 5.26 Å². The average Bonchev–Trinajstić information content (AvgIpc) is 3.40. The highest BCUT2D eigenvalue weighted by molar-refractivity contribution is 7.10. The molecule has 0 bridgehead atoms. The highest BCUT2D eigenvalue weighted by Crippen LogP contribution is 2.29. The molecule has 1 aliphatic carbocycles. The van der Waals surface area contributed by atoms with E-state index < -0.39 is 5.54 Å². The summed E-state index contributed by atoms with van der Waals surface area (Å²) in [4.78, 5) is 13.7. The fourth-order valence-electron chi connectivity index (χ4n) is 3.85. The lowest BCUT2D eigenvalue weighted by Crippen LogP contribution is -2.48. The molecule has 0 radical (unpaired) electrons. The standard InChI is InChI=1S/C23H29N3OS/c1-2-3-7-18-9-11-19(12-10-18)22(20-8-6-15-28-20)25-16-21(27)26-23(17-24)13-4-5-14-23/h6,8-12,15,22,25H,2-5,7,13-14,16H2,1H3,(H,26,27)/t22-/m0/s1. The highest BCUT2D eigenvalue weighted by atomic mass is 32.1. The summed E-state index contributed by atoms with van der Waals surface area (Å²) in [6.07, 6.45) is 7.01. The van der Waals surface area contributed by atoms with E-state index in [1.54, 1.807) is 11.3 Å². The van der Waals surface area contributed by atoms with E-state index in [1.165, 1.54) is 23.3 Å². The number of hydrogen-bond donors (Lipinski definition) is 2. The van der Waals surface area contributed by atoms with Crippen LogP contribution in [0.4, 0.5) is 0 Å². The van der Waals surface area contributed by atoms with Crippen LogP contribution in [0.25, 0.3) is 0 Å². The number of benzene rings is 1. The third-order valence-corrected chi connectivity index (χ3v) is 6.41. The number of rotatable bonds is 9. The van der Waals surface area contributed by atoms with Crippen LogP contribution in [0.5, 0.6) is 0 Å². The fraction of sp³-hybridized carbons (Fsp3) is 0.478. The predicted octanol–water partition coefficient (Wildman–Crippen LogP) is 4.72. The quantitative estimate of drug-likeness (QED) is 0.645. The molecule has 4 nitrogen and oxygen atoms in total. The van der Waals surface area contributed by atoms with Crippen LogP contribution in [0.1, 0.15) is 67.5 Å². The second-order valence-electron chi connectivity index (χ2n) is 7.62. The molecule has 1 atom stereocenters. The highest BCUT2D eigenvalue weighted by Gasteiger charge is 2.35. The molecule has 1 amide bonds. The molecule has 2 N–H and O–H groups in total. The Labute approximate surface area is 172 Å². The minimum Gasteiger partial charge on any atom is -0.337 e. The van der Waals surface area contributed by atoms with Crippen molar-refractivity contribution in [1.29, 1.82) is 5.26 Å². The smallest absolute Gasteiger partial charge is 0.235 e. The van der Waals surface area contributed by atoms with E-state index in [0.717, 1.165) is 37.7 Å². The van der Waals surface area contributed by atoms with Crippen molar-refractivity contribution in [2.45, 2.75) is 63.5 Å². The van der Waals surface area contributed by atoms with Crippen LogP contribution in [-0.4, -0.2) is 18.0 Å². The molecule has 1 fully saturated rings. The maximum atomic E-state index is 12.5. The van der Waals surface area contributed by atoms with Crippen molar-refractivity contribution in [2.24, 2.45) is 0 Å². The molecule has 2 aromatic rings. The Balaban J connectivity index is 1.66. The minimum absolute atomic E-state index is 0.0208. The molecule has 1 heterocycles. The van der Waals surface area contributed by atoms with Crippen molar-refractivity contribution in [3.8, 4) is 6.07 Å². The molecule has 3 rings (SSSR count). The van der Waals surface area contributed by atoms with Gasteiger partial charge >= 0.3 is 0 Å². The van der Waals surface area contributed by atoms with E-state index in [4.69, 9.17) is 0 Å². The van der Waals surface area contributed by atoms with Crippen LogP contribution in [0, 0.1) is 11.3 Å². The molecule has 1 aromatic carbocycles. The Kier molecular flexibility index (Phi) is 7.24. The summed E-state index contributed by atoms with van der Waals surface area (Å²) in [5.41, 5.74) is 1.84. The van der Waals surface area contributed by atoms with Gasteiger partial charge in [0, 0.05) is 4.88 Å². The van der Waals surface area contributed by atoms with Gasteiger partial charge in [0.05, 0.1) is 18.7 Å². The zero-order valence-corrected chi connectivity index (χ0v) is 17.4. The lowest BCUT2D eigenvalue weighted by molar-refractivity contribution is -0.121. The molecule has 5 heteroatoms. The van der Waals surface area contributed by atoms with Crippen LogP contribution >= 0.6 is 11.3 Å². The molecule has 0 saturated heterocycles. The number of thiophene rings is 1. The first kappa shape index (κ1) is 20.6. The average molecular weight is 396 g/mol. The first-order valence-corrected chi connectivity index (χ1v) is 11.1. The van der Waals surface area contributed by atoms with Crippen molar-refractivity contribution >= 4 is 17.2 Å². The van der Waals surface area contributed by atoms with E-state index in [9.17, 15) is 10.1 Å². The molecule has 28 heavy (non-hydrogen) atoms. The van der Waals surface area contributed by atoms with Gasteiger partial charge in [-0.25, -0.2) is 0 Å². The summed E-state index contributed by atoms with van der Waals surface area (Å²) >= 11 is 1.69. The third kappa shape index (κ3) is 5.21. The van der Waals surface area contributed by atoms with E-state index in [1.807, 2.05) is 6.07 Å². The molecular weight excluding hydrogens is 366 g/mol. The molecule has 1 saturated carbocycles. The van der Waals surface area contributed by atoms with Crippen molar-refractivity contribution in [2.75, 3.05) is 6.54 Å². The van der Waals surface area contributed by atoms with Gasteiger partial charge in [-0.3, -0.25) is 10.1 Å². The molecule has 0 unspecified atom stereocenters. The van der Waals surface area contributed by atoms with Gasteiger partial charge in [0.15, 0.2) is 0 Å². The Morgan fingerprint density at radius 1 is 1.25 bits per heavy atom. The van der Waals surface area contributed by atoms with Crippen molar-refractivity contribution < 1.29 is 4.79 Å². The number of carbonyl (C=O) groups is 1. The van der Waals surface area contributed by atoms with Crippen molar-refractivity contribution in [3.63, 3.8) is 0 Å². The second kappa shape index (κ2) is 9.86. The van der Waals surface area contributed by atoms with Crippen LogP contribution in [0.2, 0.25) is 0 Å². The number of nitrogens with zero attached hydrogens (tertiary/aromatic N) is 1. The summed E-state index contributed by atoms with van der Waals surface area (Å²) in [6.45, 7) is 2.40. The van der Waals surface area contributed by atoms with Gasteiger partial charge in [-0.1, -0.05) is 43.7 Å². The Morgan fingerprint density at radius 2 is 2.00 bits per heavy atom. The van der Waals surface area contributed by atoms with Crippen molar-refractivity contribution in [3.05, 3.63) is 57.8 Å². The van der Waals surface area contributed by atoms with Crippen LogP contribution in [0.15, 0.2) is 41.8 Å². The maximum absolute atomic E-state index is 12.5. The summed E-state index contributed by atoms with van der Waals surface area (Å²) < 4.78 is 0. The molecule has 1 aliphatic rings. The van der Waals surface area contributed by atoms with E-state index in [-0.39, 0.29) is 18.5 Å². The Morgan fingerprint density at radius 3 is 2.61 bits per heavy atom. The molecule has 148 valence electrons. The zero-order valence-electron chi connectivity index (χ0n) is 16.5. The number of nitriles is 1. The number of nitrogens with one attached hydrogen (secondary N) is 2. The van der Waals surface area contributed by atoms with Crippen LogP contribution in [-0.2, 0) is 11.2 Å². The zero-order chi connectivity index (χ0) is 19.8. The first-order chi connectivity index (χ1) is 13.7. The molecular formula is C23H29N3OS. The molecule has 0 aliphatic heterocycles. The molecule has 0 spiro atoms. The first-order valence-electron chi connectivity index (χ1n) is 10.2. The Hall–Kier alpha value is -2.16. The normalized spacial score (nSPS) is 16.4. The lowest BCUT2D eigenvalue weighted by Gasteiger charge is -2.23. The van der Waals surface area contributed by atoms with E-state index in [0.29, 0.717) is 0 Å². The summed E-state index contributed by atoms with van der Waals surface area (Å²) in [6, 6.07) is 15.1. The Bertz CT molecular complexity index is 786. The van der Waals surface area contributed by atoms with Gasteiger partial charge < -0.3 is 5.32 Å². The van der Waals surface area contributed by atoms with Crippen LogP contribution in [0.3, 0.4) is 0 Å². The van der Waals surface area contributed by atoms with Gasteiger partial charge in [-0.15, -0.1) is 11.3 Å². The summed E-state index contributed by atoms with van der Waals surface area (Å²) in [7, 11) is 0. The number of hydrogen-bond acceptors (Lipinski definition) is 4. The minimum atomic E-state index is -0.669. The SMILES string of the molecule is CCCCc1ccc([C@H](NCC(=O)NC2(C#N)CCCC2)c2cccs2)cc1. The van der Waals surface area contributed by atoms with Crippen LogP contribution < -0.4 is 10.6 Å². The molecule has 1 aromatic heterocycles. The second-order valence-corrected chi connectivity index (χ2v) is 8.60. The number of amides is 1. The summed E-state index contributed by atoms with van der Waals surface area (Å²) in [5.74, 6) is -0.107. The maximum Gasteiger partial charge on any atom is 0.235 e. The van der Waals surface area contributed by atoms with Crippen molar-refractivity contribution in [1.82, 2.24) is 10.6 Å². The van der Waals surface area contributed by atoms with Gasteiger partial charge in [-0.05, 0) is 61.1 Å². The van der Waals surface area contributed by atoms with Gasteiger partial charge in [0.1, 0.15) is 5.54 Å². The fourth-order valence-corrected chi connectivity index (χ4v) is 4.67. The van der Waals surface area contributed by atoms with Gasteiger partial charge in [0.25, 0.3) is 0 Å². The van der Waals surface area contributed by atoms with E-state index >= 15 is 0 Å². The van der Waals surface area contributed by atoms with Gasteiger partial charge in [0.2, 0.25) is 5.91 Å². The third-order valence-electron chi connectivity index (χ3n) is 5.48. The number of unbranched alkanes of at least 4 members (excludes halogenated alkanes) is 1. The number of aryl methyl sites for hydroxylation is 1.